The van der Waals surface area contributed by atoms with Crippen molar-refractivity contribution in [3.05, 3.63) is 47.2 Å². The quantitative estimate of drug-likeness (QED) is 0.905. The lowest BCUT2D eigenvalue weighted by Crippen LogP contribution is -2.10. The summed E-state index contributed by atoms with van der Waals surface area (Å²) in [7, 11) is 0. The van der Waals surface area contributed by atoms with Gasteiger partial charge in [-0.05, 0) is 38.8 Å². The van der Waals surface area contributed by atoms with Crippen LogP contribution in [0.3, 0.4) is 0 Å². The number of nitrogens with zero attached hydrogens (tertiary/aromatic N) is 3. The molecule has 2 aromatic heterocycles. The summed E-state index contributed by atoms with van der Waals surface area (Å²) < 4.78 is 0. The fraction of sp³-hybridized carbons (Fsp3) is 0.438. The Labute approximate surface area is 119 Å². The predicted molar refractivity (Wildman–Crippen MR) is 80.0 cm³/mol. The molecule has 0 aromatic carbocycles. The molecule has 1 N–H and O–H groups in total. The topological polar surface area (TPSA) is 50.7 Å². The second-order valence-electron chi connectivity index (χ2n) is 5.30. The monoisotopic (exact) mass is 268 g/mol. The van der Waals surface area contributed by atoms with Gasteiger partial charge in [0.2, 0.25) is 0 Å². The third-order valence-corrected chi connectivity index (χ3v) is 3.63. The van der Waals surface area contributed by atoms with Crippen LogP contribution < -0.4 is 5.32 Å². The molecule has 0 aliphatic heterocycles. The van der Waals surface area contributed by atoms with Gasteiger partial charge in [-0.15, -0.1) is 0 Å². The van der Waals surface area contributed by atoms with Crippen molar-refractivity contribution in [3.8, 4) is 0 Å². The molecule has 0 atom stereocenters. The molecule has 0 radical (unpaired) electrons. The number of nitrogens with one attached hydrogen (secondary N) is 1. The van der Waals surface area contributed by atoms with Crippen LogP contribution in [-0.2, 0) is 6.42 Å². The van der Waals surface area contributed by atoms with E-state index in [0.717, 1.165) is 41.6 Å². The van der Waals surface area contributed by atoms with Gasteiger partial charge in [0.25, 0.3) is 0 Å². The first-order valence-corrected chi connectivity index (χ1v) is 7.29. The summed E-state index contributed by atoms with van der Waals surface area (Å²) in [6.45, 7) is 5.06. The molecule has 3 rings (SSSR count). The molecule has 0 saturated heterocycles. The van der Waals surface area contributed by atoms with Crippen molar-refractivity contribution < 1.29 is 0 Å². The number of hydrogen-bond donors (Lipinski definition) is 1. The minimum atomic E-state index is 0.565. The summed E-state index contributed by atoms with van der Waals surface area (Å²) >= 11 is 0. The van der Waals surface area contributed by atoms with Crippen molar-refractivity contribution in [1.82, 2.24) is 15.0 Å². The number of anilines is 1. The number of pyridine rings is 1. The van der Waals surface area contributed by atoms with Crippen LogP contribution >= 0.6 is 0 Å². The molecule has 2 aromatic rings. The van der Waals surface area contributed by atoms with Crippen molar-refractivity contribution >= 4 is 5.82 Å². The van der Waals surface area contributed by atoms with E-state index in [1.807, 2.05) is 24.4 Å². The van der Waals surface area contributed by atoms with Crippen LogP contribution in [0.15, 0.2) is 24.4 Å². The van der Waals surface area contributed by atoms with Gasteiger partial charge in [0.05, 0.1) is 5.69 Å². The maximum Gasteiger partial charge on any atom is 0.134 e. The Hall–Kier alpha value is -1.97. The van der Waals surface area contributed by atoms with E-state index in [-0.39, 0.29) is 0 Å². The normalized spacial score (nSPS) is 14.3. The van der Waals surface area contributed by atoms with E-state index in [9.17, 15) is 0 Å². The van der Waals surface area contributed by atoms with Gasteiger partial charge in [-0.1, -0.05) is 6.07 Å². The molecular weight excluding hydrogens is 248 g/mol. The zero-order chi connectivity index (χ0) is 13.9. The lowest BCUT2D eigenvalue weighted by atomic mass is 10.1. The Morgan fingerprint density at radius 2 is 2.10 bits per heavy atom. The zero-order valence-electron chi connectivity index (χ0n) is 12.1. The Kier molecular flexibility index (Phi) is 3.63. The fourth-order valence-electron chi connectivity index (χ4n) is 2.29. The Morgan fingerprint density at radius 1 is 1.25 bits per heavy atom. The lowest BCUT2D eigenvalue weighted by molar-refractivity contribution is 0.864. The maximum atomic E-state index is 4.78. The largest absolute Gasteiger partial charge is 0.370 e. The highest BCUT2D eigenvalue weighted by molar-refractivity contribution is 5.47. The third kappa shape index (κ3) is 2.79. The smallest absolute Gasteiger partial charge is 0.134 e. The van der Waals surface area contributed by atoms with Crippen molar-refractivity contribution in [2.24, 2.45) is 0 Å². The standard InChI is InChI=1S/C16H20N4/c1-3-17-15-11(2)14(10-13-6-4-5-9-18-13)19-16(20-15)12-7-8-12/h4-6,9,12H,3,7-8,10H2,1-2H3,(H,17,19,20). The molecule has 104 valence electrons. The second-order valence-corrected chi connectivity index (χ2v) is 5.30. The Bertz CT molecular complexity index is 591. The van der Waals surface area contributed by atoms with Crippen molar-refractivity contribution in [1.29, 1.82) is 0 Å². The molecule has 1 aliphatic carbocycles. The van der Waals surface area contributed by atoms with Gasteiger partial charge in [-0.2, -0.15) is 0 Å². The number of hydrogen-bond acceptors (Lipinski definition) is 4. The molecular formula is C16H20N4. The van der Waals surface area contributed by atoms with E-state index in [4.69, 9.17) is 4.98 Å². The average molecular weight is 268 g/mol. The van der Waals surface area contributed by atoms with Crippen molar-refractivity contribution in [3.63, 3.8) is 0 Å². The van der Waals surface area contributed by atoms with Gasteiger partial charge >= 0.3 is 0 Å². The Morgan fingerprint density at radius 3 is 2.75 bits per heavy atom. The predicted octanol–water partition coefficient (Wildman–Crippen LogP) is 3.08. The molecule has 1 fully saturated rings. The first kappa shape index (κ1) is 13.0. The molecule has 20 heavy (non-hydrogen) atoms. The molecule has 0 bridgehead atoms. The van der Waals surface area contributed by atoms with E-state index in [1.54, 1.807) is 0 Å². The van der Waals surface area contributed by atoms with E-state index in [2.05, 4.69) is 29.1 Å². The Balaban J connectivity index is 1.95. The third-order valence-electron chi connectivity index (χ3n) is 3.63. The highest BCUT2D eigenvalue weighted by Crippen LogP contribution is 2.39. The number of aromatic nitrogens is 3. The van der Waals surface area contributed by atoms with Crippen LogP contribution in [0.4, 0.5) is 5.82 Å². The van der Waals surface area contributed by atoms with Crippen molar-refractivity contribution in [2.75, 3.05) is 11.9 Å². The summed E-state index contributed by atoms with van der Waals surface area (Å²) in [5.74, 6) is 2.54. The average Bonchev–Trinajstić information content (AvgIpc) is 3.29. The fourth-order valence-corrected chi connectivity index (χ4v) is 2.29. The van der Waals surface area contributed by atoms with E-state index in [1.165, 1.54) is 12.8 Å². The minimum absolute atomic E-state index is 0.565. The molecule has 4 heteroatoms. The highest BCUT2D eigenvalue weighted by Gasteiger charge is 2.28. The summed E-state index contributed by atoms with van der Waals surface area (Å²) in [4.78, 5) is 13.9. The van der Waals surface area contributed by atoms with E-state index < -0.39 is 0 Å². The summed E-state index contributed by atoms with van der Waals surface area (Å²) in [5, 5.41) is 3.35. The maximum absolute atomic E-state index is 4.78. The van der Waals surface area contributed by atoms with Crippen LogP contribution in [0.1, 0.15) is 48.5 Å². The summed E-state index contributed by atoms with van der Waals surface area (Å²) in [6, 6.07) is 6.01. The van der Waals surface area contributed by atoms with E-state index in [0.29, 0.717) is 5.92 Å². The second kappa shape index (κ2) is 5.57. The van der Waals surface area contributed by atoms with Gasteiger partial charge < -0.3 is 5.32 Å². The molecule has 0 unspecified atom stereocenters. The van der Waals surface area contributed by atoms with Crippen molar-refractivity contribution in [2.45, 2.75) is 39.0 Å². The van der Waals surface area contributed by atoms with Gasteiger partial charge in [0.1, 0.15) is 11.6 Å². The SMILES string of the molecule is CCNc1nc(C2CC2)nc(Cc2ccccn2)c1C. The molecule has 0 amide bonds. The molecule has 2 heterocycles. The van der Waals surface area contributed by atoms with Gasteiger partial charge in [0, 0.05) is 36.3 Å². The van der Waals surface area contributed by atoms with E-state index >= 15 is 0 Å². The van der Waals surface area contributed by atoms with Crippen LogP contribution in [0.2, 0.25) is 0 Å². The lowest BCUT2D eigenvalue weighted by Gasteiger charge is -2.13. The summed E-state index contributed by atoms with van der Waals surface area (Å²) in [6.07, 6.45) is 5.04. The highest BCUT2D eigenvalue weighted by atomic mass is 15.0. The minimum Gasteiger partial charge on any atom is -0.370 e. The van der Waals surface area contributed by atoms with Crippen LogP contribution in [-0.4, -0.2) is 21.5 Å². The number of rotatable bonds is 5. The van der Waals surface area contributed by atoms with Crippen LogP contribution in [0, 0.1) is 6.92 Å². The zero-order valence-corrected chi connectivity index (χ0v) is 12.1. The molecule has 4 nitrogen and oxygen atoms in total. The van der Waals surface area contributed by atoms with Crippen LogP contribution in [0.25, 0.3) is 0 Å². The molecule has 0 spiro atoms. The summed E-state index contributed by atoms with van der Waals surface area (Å²) in [5.41, 5.74) is 3.29. The van der Waals surface area contributed by atoms with Gasteiger partial charge in [-0.3, -0.25) is 4.98 Å². The van der Waals surface area contributed by atoms with Gasteiger partial charge in [-0.25, -0.2) is 9.97 Å². The molecule has 1 saturated carbocycles. The first-order valence-electron chi connectivity index (χ1n) is 7.29. The van der Waals surface area contributed by atoms with Crippen LogP contribution in [0.5, 0.6) is 0 Å². The van der Waals surface area contributed by atoms with Gasteiger partial charge in [0.15, 0.2) is 0 Å². The molecule has 1 aliphatic rings. The first-order chi connectivity index (χ1) is 9.78.